The number of nitrogens with zero attached hydrogens (tertiary/aromatic N) is 1. The Hall–Kier alpha value is -4.64. The Balaban J connectivity index is 1.53. The maximum absolute atomic E-state index is 13.7. The standard InChI is InChI=1S/C28H28ClFN4O6/c1-3-4-13-39-20-11-9-19(10-12-20)32-27(36)28(37)34-31-16-18-14-21(29)26(24(15-18)38-2)40-17-25(35)33-23-8-6-5-7-22(23)30/h5-12,14-16H,3-4,13,17H2,1-2H3,(H,32,36)(H,33,35)(H,34,37)/b31-16-. The van der Waals surface area contributed by atoms with Crippen LogP contribution in [0.4, 0.5) is 15.8 Å². The molecule has 0 fully saturated rings. The minimum Gasteiger partial charge on any atom is -0.494 e. The number of hydrazone groups is 1. The number of amides is 3. The predicted molar refractivity (Wildman–Crippen MR) is 150 cm³/mol. The van der Waals surface area contributed by atoms with E-state index < -0.39 is 30.1 Å². The fraction of sp³-hybridized carbons (Fsp3) is 0.214. The molecule has 10 nitrogen and oxygen atoms in total. The highest BCUT2D eigenvalue weighted by Gasteiger charge is 2.16. The molecule has 0 saturated carbocycles. The summed E-state index contributed by atoms with van der Waals surface area (Å²) in [5.74, 6) is -2.17. The lowest BCUT2D eigenvalue weighted by Gasteiger charge is -2.13. The van der Waals surface area contributed by atoms with Gasteiger partial charge >= 0.3 is 11.8 Å². The van der Waals surface area contributed by atoms with Crippen molar-refractivity contribution in [2.75, 3.05) is 31.0 Å². The van der Waals surface area contributed by atoms with E-state index in [4.69, 9.17) is 25.8 Å². The summed E-state index contributed by atoms with van der Waals surface area (Å²) in [4.78, 5) is 36.5. The van der Waals surface area contributed by atoms with E-state index >= 15 is 0 Å². The summed E-state index contributed by atoms with van der Waals surface area (Å²) in [6.07, 6.45) is 3.20. The molecule has 0 aliphatic heterocycles. The van der Waals surface area contributed by atoms with E-state index in [0.29, 0.717) is 23.6 Å². The highest BCUT2D eigenvalue weighted by Crippen LogP contribution is 2.36. The van der Waals surface area contributed by atoms with Crippen LogP contribution in [0.1, 0.15) is 25.3 Å². The van der Waals surface area contributed by atoms with Crippen molar-refractivity contribution in [2.24, 2.45) is 5.10 Å². The van der Waals surface area contributed by atoms with Crippen LogP contribution in [-0.2, 0) is 14.4 Å². The number of carbonyl (C=O) groups is 3. The van der Waals surface area contributed by atoms with Crippen molar-refractivity contribution in [3.05, 3.63) is 77.1 Å². The van der Waals surface area contributed by atoms with Crippen LogP contribution in [-0.4, -0.2) is 44.3 Å². The van der Waals surface area contributed by atoms with Gasteiger partial charge in [0.2, 0.25) is 0 Å². The minimum absolute atomic E-state index is 0.0155. The van der Waals surface area contributed by atoms with E-state index in [1.807, 2.05) is 0 Å². The van der Waals surface area contributed by atoms with Gasteiger partial charge in [0, 0.05) is 5.69 Å². The maximum atomic E-state index is 13.7. The van der Waals surface area contributed by atoms with Crippen molar-refractivity contribution >= 4 is 46.9 Å². The Bertz CT molecular complexity index is 1370. The van der Waals surface area contributed by atoms with Crippen LogP contribution < -0.4 is 30.3 Å². The average Bonchev–Trinajstić information content (AvgIpc) is 2.94. The zero-order valence-corrected chi connectivity index (χ0v) is 22.6. The van der Waals surface area contributed by atoms with Crippen LogP contribution in [0.15, 0.2) is 65.8 Å². The zero-order chi connectivity index (χ0) is 28.9. The predicted octanol–water partition coefficient (Wildman–Crippen LogP) is 4.77. The van der Waals surface area contributed by atoms with E-state index in [0.717, 1.165) is 12.8 Å². The summed E-state index contributed by atoms with van der Waals surface area (Å²) < 4.78 is 30.1. The Morgan fingerprint density at radius 3 is 2.45 bits per heavy atom. The van der Waals surface area contributed by atoms with Crippen LogP contribution in [0.5, 0.6) is 17.2 Å². The molecule has 0 saturated heterocycles. The molecule has 0 heterocycles. The third-order valence-electron chi connectivity index (χ3n) is 5.21. The third-order valence-corrected chi connectivity index (χ3v) is 5.49. The van der Waals surface area contributed by atoms with Gasteiger partial charge in [-0.05, 0) is 60.5 Å². The second-order valence-corrected chi connectivity index (χ2v) is 8.64. The highest BCUT2D eigenvalue weighted by atomic mass is 35.5. The number of halogens is 2. The van der Waals surface area contributed by atoms with E-state index in [9.17, 15) is 18.8 Å². The normalized spacial score (nSPS) is 10.6. The maximum Gasteiger partial charge on any atom is 0.329 e. The van der Waals surface area contributed by atoms with Crippen molar-refractivity contribution in [1.82, 2.24) is 5.43 Å². The van der Waals surface area contributed by atoms with Gasteiger partial charge in [-0.2, -0.15) is 5.10 Å². The molecular weight excluding hydrogens is 543 g/mol. The first-order valence-electron chi connectivity index (χ1n) is 12.2. The molecule has 3 aromatic carbocycles. The highest BCUT2D eigenvalue weighted by molar-refractivity contribution is 6.39. The molecule has 12 heteroatoms. The van der Waals surface area contributed by atoms with Gasteiger partial charge in [0.25, 0.3) is 5.91 Å². The van der Waals surface area contributed by atoms with Crippen molar-refractivity contribution < 1.29 is 33.0 Å². The van der Waals surface area contributed by atoms with Gasteiger partial charge in [-0.1, -0.05) is 37.1 Å². The fourth-order valence-electron chi connectivity index (χ4n) is 3.21. The number of para-hydroxylation sites is 1. The summed E-state index contributed by atoms with van der Waals surface area (Å²) in [6, 6.07) is 15.3. The van der Waals surface area contributed by atoms with Gasteiger partial charge in [-0.15, -0.1) is 0 Å². The molecule has 0 unspecified atom stereocenters. The van der Waals surface area contributed by atoms with Crippen LogP contribution in [0.3, 0.4) is 0 Å². The number of nitrogens with one attached hydrogen (secondary N) is 3. The zero-order valence-electron chi connectivity index (χ0n) is 21.8. The molecule has 0 radical (unpaired) electrons. The topological polar surface area (TPSA) is 127 Å². The monoisotopic (exact) mass is 570 g/mol. The molecule has 0 aliphatic carbocycles. The van der Waals surface area contributed by atoms with Crippen LogP contribution in [0.25, 0.3) is 0 Å². The van der Waals surface area contributed by atoms with Gasteiger partial charge in [-0.3, -0.25) is 14.4 Å². The van der Waals surface area contributed by atoms with Crippen LogP contribution in [0.2, 0.25) is 5.02 Å². The van der Waals surface area contributed by atoms with Crippen molar-refractivity contribution in [3.8, 4) is 17.2 Å². The number of ether oxygens (including phenoxy) is 3. The summed E-state index contributed by atoms with van der Waals surface area (Å²) in [6.45, 7) is 2.21. The molecular formula is C28H28ClFN4O6. The number of hydrogen-bond donors (Lipinski definition) is 3. The van der Waals surface area contributed by atoms with Crippen molar-refractivity contribution in [3.63, 3.8) is 0 Å². The molecule has 3 rings (SSSR count). The van der Waals surface area contributed by atoms with Gasteiger partial charge in [0.05, 0.1) is 30.6 Å². The molecule has 3 aromatic rings. The van der Waals surface area contributed by atoms with E-state index in [-0.39, 0.29) is 22.2 Å². The number of carbonyl (C=O) groups excluding carboxylic acids is 3. The number of anilines is 2. The Morgan fingerprint density at radius 2 is 1.75 bits per heavy atom. The van der Waals surface area contributed by atoms with Crippen molar-refractivity contribution in [2.45, 2.75) is 19.8 Å². The molecule has 40 heavy (non-hydrogen) atoms. The molecule has 0 aromatic heterocycles. The van der Waals surface area contributed by atoms with E-state index in [2.05, 4.69) is 28.1 Å². The number of rotatable bonds is 12. The van der Waals surface area contributed by atoms with Gasteiger partial charge in [-0.25, -0.2) is 9.82 Å². The quantitative estimate of drug-likeness (QED) is 0.125. The lowest BCUT2D eigenvalue weighted by Crippen LogP contribution is -2.32. The molecule has 0 aliphatic rings. The SMILES string of the molecule is CCCCOc1ccc(NC(=O)C(=O)N/N=C\c2cc(Cl)c(OCC(=O)Nc3ccccc3F)c(OC)c2)cc1. The first kappa shape index (κ1) is 29.9. The van der Waals surface area contributed by atoms with Crippen LogP contribution >= 0.6 is 11.6 Å². The van der Waals surface area contributed by atoms with E-state index in [1.165, 1.54) is 43.7 Å². The molecule has 0 atom stereocenters. The number of benzene rings is 3. The minimum atomic E-state index is -0.988. The lowest BCUT2D eigenvalue weighted by atomic mass is 10.2. The Morgan fingerprint density at radius 1 is 1.00 bits per heavy atom. The van der Waals surface area contributed by atoms with E-state index in [1.54, 1.807) is 30.3 Å². The first-order chi connectivity index (χ1) is 19.3. The van der Waals surface area contributed by atoms with Gasteiger partial charge < -0.3 is 24.8 Å². The Kier molecular flexibility index (Phi) is 11.3. The molecule has 0 spiro atoms. The fourth-order valence-corrected chi connectivity index (χ4v) is 3.49. The van der Waals surface area contributed by atoms with Gasteiger partial charge in [0.1, 0.15) is 11.6 Å². The number of methoxy groups -OCH3 is 1. The number of unbranched alkanes of at least 4 members (excludes halogenated alkanes) is 1. The van der Waals surface area contributed by atoms with Crippen LogP contribution in [0, 0.1) is 5.82 Å². The molecule has 210 valence electrons. The second-order valence-electron chi connectivity index (χ2n) is 8.23. The number of hydrogen-bond acceptors (Lipinski definition) is 7. The smallest absolute Gasteiger partial charge is 0.329 e. The summed E-state index contributed by atoms with van der Waals surface area (Å²) in [5, 5.41) is 8.73. The first-order valence-corrected chi connectivity index (χ1v) is 12.6. The molecule has 3 amide bonds. The average molecular weight is 571 g/mol. The molecule has 3 N–H and O–H groups in total. The van der Waals surface area contributed by atoms with Gasteiger partial charge in [0.15, 0.2) is 18.1 Å². The second kappa shape index (κ2) is 15.1. The summed E-state index contributed by atoms with van der Waals surface area (Å²) >= 11 is 6.29. The van der Waals surface area contributed by atoms with Crippen molar-refractivity contribution in [1.29, 1.82) is 0 Å². The Labute approximate surface area is 235 Å². The lowest BCUT2D eigenvalue weighted by molar-refractivity contribution is -0.136. The molecule has 0 bridgehead atoms. The largest absolute Gasteiger partial charge is 0.494 e. The third kappa shape index (κ3) is 8.98. The summed E-state index contributed by atoms with van der Waals surface area (Å²) in [5.41, 5.74) is 2.97. The summed E-state index contributed by atoms with van der Waals surface area (Å²) in [7, 11) is 1.37.